The van der Waals surface area contributed by atoms with Crippen molar-refractivity contribution < 1.29 is 9.90 Å². The Hall–Kier alpha value is -1.07. The van der Waals surface area contributed by atoms with Crippen LogP contribution in [0.1, 0.15) is 19.3 Å². The van der Waals surface area contributed by atoms with Gasteiger partial charge in [0.15, 0.2) is 0 Å². The van der Waals surface area contributed by atoms with Gasteiger partial charge >= 0.3 is 6.03 Å². The maximum absolute atomic E-state index is 11.9. The van der Waals surface area contributed by atoms with Crippen molar-refractivity contribution in [2.45, 2.75) is 25.3 Å². The Labute approximate surface area is 110 Å². The average Bonchev–Trinajstić information content (AvgIpc) is 3.04. The molecule has 1 aromatic heterocycles. The first-order chi connectivity index (χ1) is 8.78. The number of thiophene rings is 1. The van der Waals surface area contributed by atoms with Gasteiger partial charge in [0.1, 0.15) is 0 Å². The third-order valence-corrected chi connectivity index (χ3v) is 5.14. The fourth-order valence-electron chi connectivity index (χ4n) is 3.55. The summed E-state index contributed by atoms with van der Waals surface area (Å²) in [6, 6.07) is 3.80. The molecule has 5 heteroatoms. The van der Waals surface area contributed by atoms with Crippen LogP contribution in [0.4, 0.5) is 9.80 Å². The molecule has 2 aliphatic carbocycles. The molecule has 4 nitrogen and oxygen atoms in total. The normalized spacial score (nSPS) is 33.6. The van der Waals surface area contributed by atoms with Gasteiger partial charge in [-0.15, -0.1) is 11.3 Å². The quantitative estimate of drug-likeness (QED) is 0.786. The Morgan fingerprint density at radius 2 is 2.28 bits per heavy atom. The van der Waals surface area contributed by atoms with Crippen LogP contribution in [0.15, 0.2) is 17.5 Å². The zero-order valence-corrected chi connectivity index (χ0v) is 11.0. The van der Waals surface area contributed by atoms with Crippen molar-refractivity contribution in [3.8, 4) is 0 Å². The van der Waals surface area contributed by atoms with Crippen LogP contribution in [-0.4, -0.2) is 23.8 Å². The lowest BCUT2D eigenvalue weighted by Gasteiger charge is -2.30. The predicted octanol–water partition coefficient (Wildman–Crippen LogP) is 2.28. The molecule has 3 N–H and O–H groups in total. The molecule has 2 saturated carbocycles. The molecule has 98 valence electrons. The lowest BCUT2D eigenvalue weighted by Crippen LogP contribution is -2.46. The molecule has 0 aromatic carbocycles. The molecule has 3 rings (SSSR count). The number of aliphatic hydroxyl groups excluding tert-OH is 1. The van der Waals surface area contributed by atoms with E-state index in [1.54, 1.807) is 0 Å². The number of urea groups is 1. The molecule has 18 heavy (non-hydrogen) atoms. The molecule has 0 unspecified atom stereocenters. The van der Waals surface area contributed by atoms with E-state index in [2.05, 4.69) is 10.6 Å². The Balaban J connectivity index is 1.60. The van der Waals surface area contributed by atoms with Gasteiger partial charge in [-0.05, 0) is 48.6 Å². The summed E-state index contributed by atoms with van der Waals surface area (Å²) in [5, 5.41) is 18.1. The van der Waals surface area contributed by atoms with Crippen molar-refractivity contribution in [1.82, 2.24) is 5.32 Å². The van der Waals surface area contributed by atoms with Gasteiger partial charge in [-0.2, -0.15) is 0 Å². The molecule has 0 aliphatic heterocycles. The van der Waals surface area contributed by atoms with Crippen molar-refractivity contribution in [3.05, 3.63) is 17.5 Å². The number of carbonyl (C=O) groups excluding carboxylic acids is 1. The first-order valence-electron chi connectivity index (χ1n) is 6.50. The van der Waals surface area contributed by atoms with Gasteiger partial charge in [-0.1, -0.05) is 0 Å². The largest absolute Gasteiger partial charge is 0.396 e. The molecule has 2 fully saturated rings. The molecule has 0 saturated heterocycles. The standard InChI is InChI=1S/C13H18N2O2S/c16-7-10-8-3-4-9(6-8)12(10)15-13(17)14-11-2-1-5-18-11/h1-2,5,8-10,12,16H,3-4,6-7H2,(H2,14,15,17)/t8-,9-,10+,12-/m0/s1. The zero-order valence-electron chi connectivity index (χ0n) is 10.1. The highest BCUT2D eigenvalue weighted by molar-refractivity contribution is 7.14. The van der Waals surface area contributed by atoms with E-state index in [0.717, 1.165) is 11.4 Å². The summed E-state index contributed by atoms with van der Waals surface area (Å²) in [5.41, 5.74) is 0. The minimum Gasteiger partial charge on any atom is -0.396 e. The monoisotopic (exact) mass is 266 g/mol. The van der Waals surface area contributed by atoms with E-state index >= 15 is 0 Å². The third-order valence-electron chi connectivity index (χ3n) is 4.35. The predicted molar refractivity (Wildman–Crippen MR) is 71.7 cm³/mol. The van der Waals surface area contributed by atoms with Crippen molar-refractivity contribution in [2.75, 3.05) is 11.9 Å². The molecule has 1 heterocycles. The highest BCUT2D eigenvalue weighted by atomic mass is 32.1. The van der Waals surface area contributed by atoms with E-state index in [4.69, 9.17) is 0 Å². The van der Waals surface area contributed by atoms with Gasteiger partial charge in [0.2, 0.25) is 0 Å². The number of anilines is 1. The number of aliphatic hydroxyl groups is 1. The summed E-state index contributed by atoms with van der Waals surface area (Å²) in [4.78, 5) is 11.9. The molecule has 1 aromatic rings. The number of nitrogens with one attached hydrogen (secondary N) is 2. The second-order valence-corrected chi connectivity index (χ2v) is 6.23. The number of fused-ring (bicyclic) bond motifs is 2. The number of rotatable bonds is 3. The van der Waals surface area contributed by atoms with Crippen LogP contribution in [0, 0.1) is 17.8 Å². The Kier molecular flexibility index (Phi) is 3.26. The first-order valence-corrected chi connectivity index (χ1v) is 7.38. The maximum Gasteiger partial charge on any atom is 0.320 e. The van der Waals surface area contributed by atoms with Crippen molar-refractivity contribution >= 4 is 22.4 Å². The molecule has 0 spiro atoms. The van der Waals surface area contributed by atoms with Crippen molar-refractivity contribution in [1.29, 1.82) is 0 Å². The van der Waals surface area contributed by atoms with Crippen LogP contribution in [0.25, 0.3) is 0 Å². The maximum atomic E-state index is 11.9. The lowest BCUT2D eigenvalue weighted by molar-refractivity contribution is 0.146. The average molecular weight is 266 g/mol. The van der Waals surface area contributed by atoms with Crippen LogP contribution in [0.3, 0.4) is 0 Å². The Morgan fingerprint density at radius 3 is 3.00 bits per heavy atom. The highest BCUT2D eigenvalue weighted by Crippen LogP contribution is 2.48. The van der Waals surface area contributed by atoms with Gasteiger partial charge in [0, 0.05) is 18.6 Å². The molecular formula is C13H18N2O2S. The lowest BCUT2D eigenvalue weighted by atomic mass is 9.85. The highest BCUT2D eigenvalue weighted by Gasteiger charge is 2.47. The topological polar surface area (TPSA) is 61.4 Å². The van der Waals surface area contributed by atoms with E-state index in [0.29, 0.717) is 11.8 Å². The minimum atomic E-state index is -0.145. The van der Waals surface area contributed by atoms with E-state index < -0.39 is 0 Å². The van der Waals surface area contributed by atoms with Crippen LogP contribution in [0.5, 0.6) is 0 Å². The van der Waals surface area contributed by atoms with Gasteiger partial charge in [0.05, 0.1) is 5.00 Å². The Morgan fingerprint density at radius 1 is 1.44 bits per heavy atom. The number of hydrogen-bond acceptors (Lipinski definition) is 3. The van der Waals surface area contributed by atoms with E-state index in [1.807, 2.05) is 17.5 Å². The molecule has 4 atom stereocenters. The van der Waals surface area contributed by atoms with Crippen LogP contribution in [0.2, 0.25) is 0 Å². The third kappa shape index (κ3) is 2.12. The number of hydrogen-bond donors (Lipinski definition) is 3. The SMILES string of the molecule is O=C(Nc1cccs1)N[C@H]1[C@H]2CC[C@@H](C2)[C@H]1CO. The molecular weight excluding hydrogens is 248 g/mol. The smallest absolute Gasteiger partial charge is 0.320 e. The zero-order chi connectivity index (χ0) is 12.5. The van der Waals surface area contributed by atoms with Gasteiger partial charge in [0.25, 0.3) is 0 Å². The van der Waals surface area contributed by atoms with Gasteiger partial charge in [-0.25, -0.2) is 4.79 Å². The second kappa shape index (κ2) is 4.90. The first kappa shape index (κ1) is 12.0. The summed E-state index contributed by atoms with van der Waals surface area (Å²) >= 11 is 1.51. The van der Waals surface area contributed by atoms with Crippen LogP contribution >= 0.6 is 11.3 Å². The van der Waals surface area contributed by atoms with Gasteiger partial charge in [-0.3, -0.25) is 5.32 Å². The van der Waals surface area contributed by atoms with E-state index in [-0.39, 0.29) is 24.6 Å². The van der Waals surface area contributed by atoms with Crippen LogP contribution in [-0.2, 0) is 0 Å². The summed E-state index contributed by atoms with van der Waals surface area (Å²) in [7, 11) is 0. The van der Waals surface area contributed by atoms with Crippen LogP contribution < -0.4 is 10.6 Å². The fraction of sp³-hybridized carbons (Fsp3) is 0.615. The van der Waals surface area contributed by atoms with E-state index in [9.17, 15) is 9.90 Å². The Bertz CT molecular complexity index is 421. The number of carbonyl (C=O) groups is 1. The van der Waals surface area contributed by atoms with E-state index in [1.165, 1.54) is 24.2 Å². The fourth-order valence-corrected chi connectivity index (χ4v) is 4.16. The van der Waals surface area contributed by atoms with Crippen molar-refractivity contribution in [2.24, 2.45) is 17.8 Å². The van der Waals surface area contributed by atoms with Crippen molar-refractivity contribution in [3.63, 3.8) is 0 Å². The minimum absolute atomic E-state index is 0.145. The summed E-state index contributed by atoms with van der Waals surface area (Å²) < 4.78 is 0. The van der Waals surface area contributed by atoms with Gasteiger partial charge < -0.3 is 10.4 Å². The molecule has 0 radical (unpaired) electrons. The molecule has 2 aliphatic rings. The number of amides is 2. The summed E-state index contributed by atoms with van der Waals surface area (Å²) in [5.74, 6) is 1.41. The summed E-state index contributed by atoms with van der Waals surface area (Å²) in [6.07, 6.45) is 3.56. The molecule has 2 amide bonds. The second-order valence-electron chi connectivity index (χ2n) is 5.28. The molecule has 2 bridgehead atoms. The summed E-state index contributed by atoms with van der Waals surface area (Å²) in [6.45, 7) is 0.186.